The largest absolute Gasteiger partial charge is 0.374 e. The van der Waals surface area contributed by atoms with Crippen molar-refractivity contribution in [2.24, 2.45) is 0 Å². The van der Waals surface area contributed by atoms with Crippen LogP contribution in [0.3, 0.4) is 0 Å². The third kappa shape index (κ3) is 3.50. The summed E-state index contributed by atoms with van der Waals surface area (Å²) < 4.78 is 6.86. The van der Waals surface area contributed by atoms with E-state index < -0.39 is 0 Å². The number of rotatable bonds is 4. The second-order valence-electron chi connectivity index (χ2n) is 4.71. The molecule has 2 atom stereocenters. The highest BCUT2D eigenvalue weighted by Crippen LogP contribution is 2.33. The topological polar surface area (TPSA) is 24.5 Å². The van der Waals surface area contributed by atoms with Crippen LogP contribution in [0.1, 0.15) is 18.5 Å². The fourth-order valence-electron chi connectivity index (χ4n) is 2.64. The van der Waals surface area contributed by atoms with Crippen LogP contribution in [0.15, 0.2) is 22.7 Å². The second-order valence-corrected chi connectivity index (χ2v) is 5.98. The van der Waals surface area contributed by atoms with Gasteiger partial charge in [-0.2, -0.15) is 0 Å². The Hall–Kier alpha value is -0.130. The van der Waals surface area contributed by atoms with Gasteiger partial charge in [0.25, 0.3) is 0 Å². The van der Waals surface area contributed by atoms with Gasteiger partial charge in [-0.3, -0.25) is 4.90 Å². The summed E-state index contributed by atoms with van der Waals surface area (Å²) in [6, 6.07) is 6.44. The van der Waals surface area contributed by atoms with E-state index in [1.165, 1.54) is 5.56 Å². The van der Waals surface area contributed by atoms with Crippen LogP contribution >= 0.6 is 27.5 Å². The monoisotopic (exact) mass is 346 g/mol. The molecule has 3 nitrogen and oxygen atoms in total. The van der Waals surface area contributed by atoms with Gasteiger partial charge in [-0.25, -0.2) is 0 Å². The first-order valence-corrected chi connectivity index (χ1v) is 7.79. The number of morpholine rings is 1. The molecule has 0 bridgehead atoms. The van der Waals surface area contributed by atoms with Crippen LogP contribution in [0.4, 0.5) is 0 Å². The first kappa shape index (κ1) is 15.3. The molecule has 19 heavy (non-hydrogen) atoms. The van der Waals surface area contributed by atoms with E-state index in [1.54, 1.807) is 0 Å². The standard InChI is InChI=1S/C14H20BrClN2O/c1-3-18-6-7-19-13(9-17-2)14(18)10-4-5-11(15)12(16)8-10/h4-5,8,13-14,17H,3,6-7,9H2,1-2H3. The van der Waals surface area contributed by atoms with Gasteiger partial charge in [-0.15, -0.1) is 0 Å². The zero-order valence-electron chi connectivity index (χ0n) is 11.3. The van der Waals surface area contributed by atoms with Crippen molar-refractivity contribution >= 4 is 27.5 Å². The smallest absolute Gasteiger partial charge is 0.0896 e. The van der Waals surface area contributed by atoms with Crippen LogP contribution in [0.25, 0.3) is 0 Å². The SMILES string of the molecule is CCN1CCOC(CNC)C1c1ccc(Br)c(Cl)c1. The van der Waals surface area contributed by atoms with Crippen LogP contribution in [0.5, 0.6) is 0 Å². The summed E-state index contributed by atoms with van der Waals surface area (Å²) >= 11 is 9.67. The number of ether oxygens (including phenoxy) is 1. The summed E-state index contributed by atoms with van der Waals surface area (Å²) in [6.07, 6.45) is 0.163. The predicted molar refractivity (Wildman–Crippen MR) is 82.8 cm³/mol. The Morgan fingerprint density at radius 2 is 2.32 bits per heavy atom. The molecule has 1 heterocycles. The molecular weight excluding hydrogens is 328 g/mol. The predicted octanol–water partition coefficient (Wildman–Crippen LogP) is 3.08. The highest BCUT2D eigenvalue weighted by Gasteiger charge is 2.32. The maximum absolute atomic E-state index is 6.23. The summed E-state index contributed by atoms with van der Waals surface area (Å²) in [5, 5.41) is 3.97. The lowest BCUT2D eigenvalue weighted by Gasteiger charge is -2.41. The molecule has 2 unspecified atom stereocenters. The maximum Gasteiger partial charge on any atom is 0.0896 e. The molecule has 5 heteroatoms. The van der Waals surface area contributed by atoms with E-state index in [1.807, 2.05) is 19.2 Å². The molecule has 1 aliphatic rings. The normalized spacial score (nSPS) is 24.6. The fourth-order valence-corrected chi connectivity index (χ4v) is 3.07. The molecule has 106 valence electrons. The molecule has 1 aliphatic heterocycles. The molecule has 0 spiro atoms. The molecular formula is C14H20BrClN2O. The lowest BCUT2D eigenvalue weighted by atomic mass is 9.98. The average Bonchev–Trinajstić information content (AvgIpc) is 2.42. The Labute approximate surface area is 128 Å². The molecule has 1 fully saturated rings. The van der Waals surface area contributed by atoms with Crippen molar-refractivity contribution in [3.63, 3.8) is 0 Å². The van der Waals surface area contributed by atoms with E-state index in [9.17, 15) is 0 Å². The molecule has 1 saturated heterocycles. The van der Waals surface area contributed by atoms with Crippen molar-refractivity contribution in [3.05, 3.63) is 33.3 Å². The van der Waals surface area contributed by atoms with Gasteiger partial charge in [0.1, 0.15) is 0 Å². The van der Waals surface area contributed by atoms with Crippen LogP contribution in [0.2, 0.25) is 5.02 Å². The molecule has 1 aromatic carbocycles. The summed E-state index contributed by atoms with van der Waals surface area (Å²) in [7, 11) is 1.96. The number of benzene rings is 1. The summed E-state index contributed by atoms with van der Waals surface area (Å²) in [5.41, 5.74) is 1.22. The third-order valence-corrected chi connectivity index (χ3v) is 4.79. The number of nitrogens with one attached hydrogen (secondary N) is 1. The number of halogens is 2. The van der Waals surface area contributed by atoms with Crippen LogP contribution < -0.4 is 5.32 Å². The van der Waals surface area contributed by atoms with Gasteiger partial charge >= 0.3 is 0 Å². The van der Waals surface area contributed by atoms with Gasteiger partial charge in [0, 0.05) is 17.6 Å². The number of hydrogen-bond donors (Lipinski definition) is 1. The number of nitrogens with zero attached hydrogens (tertiary/aromatic N) is 1. The Morgan fingerprint density at radius 3 is 2.95 bits per heavy atom. The van der Waals surface area contributed by atoms with E-state index in [0.717, 1.165) is 35.7 Å². The molecule has 0 radical (unpaired) electrons. The average molecular weight is 348 g/mol. The zero-order chi connectivity index (χ0) is 13.8. The van der Waals surface area contributed by atoms with Gasteiger partial charge in [-0.05, 0) is 47.2 Å². The molecule has 0 amide bonds. The zero-order valence-corrected chi connectivity index (χ0v) is 13.7. The van der Waals surface area contributed by atoms with Crippen molar-refractivity contribution in [2.45, 2.75) is 19.1 Å². The van der Waals surface area contributed by atoms with E-state index in [4.69, 9.17) is 16.3 Å². The maximum atomic E-state index is 6.23. The molecule has 1 N–H and O–H groups in total. The highest BCUT2D eigenvalue weighted by molar-refractivity contribution is 9.10. The molecule has 0 saturated carbocycles. The third-order valence-electron chi connectivity index (χ3n) is 3.55. The lowest BCUT2D eigenvalue weighted by molar-refractivity contribution is -0.0686. The Morgan fingerprint density at radius 1 is 1.53 bits per heavy atom. The van der Waals surface area contributed by atoms with E-state index >= 15 is 0 Å². The first-order valence-electron chi connectivity index (χ1n) is 6.62. The number of hydrogen-bond acceptors (Lipinski definition) is 3. The molecule has 1 aromatic rings. The van der Waals surface area contributed by atoms with Gasteiger partial charge in [0.05, 0.1) is 23.8 Å². The minimum Gasteiger partial charge on any atom is -0.374 e. The van der Waals surface area contributed by atoms with Crippen molar-refractivity contribution < 1.29 is 4.74 Å². The summed E-state index contributed by atoms with van der Waals surface area (Å²) in [6.45, 7) is 5.81. The highest BCUT2D eigenvalue weighted by atomic mass is 79.9. The van der Waals surface area contributed by atoms with E-state index in [-0.39, 0.29) is 12.1 Å². The molecule has 2 rings (SSSR count). The quantitative estimate of drug-likeness (QED) is 0.906. The van der Waals surface area contributed by atoms with Crippen molar-refractivity contribution in [2.75, 3.05) is 33.3 Å². The summed E-state index contributed by atoms with van der Waals surface area (Å²) in [4.78, 5) is 2.45. The summed E-state index contributed by atoms with van der Waals surface area (Å²) in [5.74, 6) is 0. The van der Waals surface area contributed by atoms with Crippen LogP contribution in [-0.2, 0) is 4.74 Å². The lowest BCUT2D eigenvalue weighted by Crippen LogP contribution is -2.48. The van der Waals surface area contributed by atoms with Gasteiger partial charge < -0.3 is 10.1 Å². The van der Waals surface area contributed by atoms with Gasteiger partial charge in [0.15, 0.2) is 0 Å². The number of likely N-dealkylation sites (N-methyl/N-ethyl adjacent to an activating group) is 2. The minimum atomic E-state index is 0.163. The van der Waals surface area contributed by atoms with Gasteiger partial charge in [-0.1, -0.05) is 24.6 Å². The Balaban J connectivity index is 2.30. The molecule has 0 aromatic heterocycles. The first-order chi connectivity index (χ1) is 9.17. The van der Waals surface area contributed by atoms with Crippen LogP contribution in [-0.4, -0.2) is 44.3 Å². The van der Waals surface area contributed by atoms with E-state index in [2.05, 4.69) is 39.1 Å². The van der Waals surface area contributed by atoms with Crippen molar-refractivity contribution in [1.29, 1.82) is 0 Å². The second kappa shape index (κ2) is 7.04. The van der Waals surface area contributed by atoms with E-state index in [0.29, 0.717) is 0 Å². The molecule has 0 aliphatic carbocycles. The minimum absolute atomic E-state index is 0.163. The van der Waals surface area contributed by atoms with Crippen LogP contribution in [0, 0.1) is 0 Å². The Kier molecular flexibility index (Phi) is 5.66. The fraction of sp³-hybridized carbons (Fsp3) is 0.571. The van der Waals surface area contributed by atoms with Crippen molar-refractivity contribution in [1.82, 2.24) is 10.2 Å². The Bertz CT molecular complexity index is 428. The van der Waals surface area contributed by atoms with Crippen molar-refractivity contribution in [3.8, 4) is 0 Å². The van der Waals surface area contributed by atoms with Gasteiger partial charge in [0.2, 0.25) is 0 Å².